The zero-order valence-corrected chi connectivity index (χ0v) is 15.3. The van der Waals surface area contributed by atoms with Crippen LogP contribution in [0.2, 0.25) is 0 Å². The average molecular weight is 365 g/mol. The summed E-state index contributed by atoms with van der Waals surface area (Å²) < 4.78 is 6.03. The van der Waals surface area contributed by atoms with Gasteiger partial charge in [0.25, 0.3) is 5.91 Å². The van der Waals surface area contributed by atoms with Crippen molar-refractivity contribution in [3.8, 4) is 5.88 Å². The molecule has 6 heteroatoms. The lowest BCUT2D eigenvalue weighted by Gasteiger charge is -2.18. The molecular formula is C20H19N3O2S. The number of thioether (sulfide) groups is 1. The zero-order chi connectivity index (χ0) is 17.9. The highest BCUT2D eigenvalue weighted by molar-refractivity contribution is 7.98. The first-order chi connectivity index (χ1) is 12.7. The third-order valence-electron chi connectivity index (χ3n) is 4.49. The SMILES string of the molecule is CSc1ncccc1C(=O)N1CC[C@@H](Oc2ccc3ccccc3n2)C1. The van der Waals surface area contributed by atoms with Gasteiger partial charge in [0.2, 0.25) is 5.88 Å². The fraction of sp³-hybridized carbons (Fsp3) is 0.250. The molecule has 0 N–H and O–H groups in total. The quantitative estimate of drug-likeness (QED) is 0.661. The molecule has 1 aliphatic heterocycles. The minimum absolute atomic E-state index is 0.0139. The van der Waals surface area contributed by atoms with Crippen LogP contribution in [0, 0.1) is 0 Å². The molecule has 26 heavy (non-hydrogen) atoms. The molecule has 1 saturated heterocycles. The van der Waals surface area contributed by atoms with Crippen LogP contribution in [0.4, 0.5) is 0 Å². The van der Waals surface area contributed by atoms with E-state index in [-0.39, 0.29) is 12.0 Å². The zero-order valence-electron chi connectivity index (χ0n) is 14.5. The second kappa shape index (κ2) is 7.33. The van der Waals surface area contributed by atoms with E-state index in [2.05, 4.69) is 9.97 Å². The molecule has 1 aliphatic rings. The molecule has 0 unspecified atom stereocenters. The number of benzene rings is 1. The second-order valence-corrected chi connectivity index (χ2v) is 6.98. The molecule has 3 aromatic rings. The Kier molecular flexibility index (Phi) is 4.75. The first kappa shape index (κ1) is 16.8. The lowest BCUT2D eigenvalue weighted by molar-refractivity contribution is 0.0767. The van der Waals surface area contributed by atoms with E-state index in [1.165, 1.54) is 11.8 Å². The molecule has 0 saturated carbocycles. The van der Waals surface area contributed by atoms with Gasteiger partial charge in [-0.25, -0.2) is 9.97 Å². The van der Waals surface area contributed by atoms with Gasteiger partial charge in [-0.1, -0.05) is 18.2 Å². The van der Waals surface area contributed by atoms with Crippen molar-refractivity contribution in [1.29, 1.82) is 0 Å². The van der Waals surface area contributed by atoms with Crippen molar-refractivity contribution in [2.45, 2.75) is 17.6 Å². The van der Waals surface area contributed by atoms with E-state index < -0.39 is 0 Å². The minimum Gasteiger partial charge on any atom is -0.472 e. The Morgan fingerprint density at radius 1 is 1.19 bits per heavy atom. The normalized spacial score (nSPS) is 16.8. The summed E-state index contributed by atoms with van der Waals surface area (Å²) in [5.41, 5.74) is 1.57. The maximum Gasteiger partial charge on any atom is 0.256 e. The standard InChI is InChI=1S/C20H19N3O2S/c1-26-19-16(6-4-11-21-19)20(24)23-12-10-15(13-23)25-18-9-8-14-5-2-3-7-17(14)22-18/h2-9,11,15H,10,12-13H2,1H3/t15-/m1/s1. The fourth-order valence-corrected chi connectivity index (χ4v) is 3.72. The van der Waals surface area contributed by atoms with Crippen LogP contribution in [-0.4, -0.2) is 46.2 Å². The molecule has 1 fully saturated rings. The molecule has 0 spiro atoms. The summed E-state index contributed by atoms with van der Waals surface area (Å²) >= 11 is 1.49. The predicted octanol–water partition coefficient (Wildman–Crippen LogP) is 3.65. The van der Waals surface area contributed by atoms with Crippen LogP contribution in [0.15, 0.2) is 59.8 Å². The number of pyridine rings is 2. The molecule has 1 aromatic carbocycles. The lowest BCUT2D eigenvalue weighted by Crippen LogP contribution is -2.31. The van der Waals surface area contributed by atoms with Crippen molar-refractivity contribution >= 4 is 28.6 Å². The molecule has 4 rings (SSSR count). The predicted molar refractivity (Wildman–Crippen MR) is 103 cm³/mol. The van der Waals surface area contributed by atoms with Gasteiger partial charge in [0.15, 0.2) is 0 Å². The number of rotatable bonds is 4. The number of fused-ring (bicyclic) bond motifs is 1. The van der Waals surface area contributed by atoms with E-state index in [1.54, 1.807) is 12.3 Å². The number of aromatic nitrogens is 2. The number of para-hydroxylation sites is 1. The summed E-state index contributed by atoms with van der Waals surface area (Å²) in [5, 5.41) is 1.85. The lowest BCUT2D eigenvalue weighted by atomic mass is 10.2. The van der Waals surface area contributed by atoms with E-state index in [1.807, 2.05) is 53.6 Å². The third-order valence-corrected chi connectivity index (χ3v) is 5.20. The van der Waals surface area contributed by atoms with E-state index in [4.69, 9.17) is 4.74 Å². The molecule has 0 bridgehead atoms. The first-order valence-electron chi connectivity index (χ1n) is 8.55. The Morgan fingerprint density at radius 3 is 2.96 bits per heavy atom. The van der Waals surface area contributed by atoms with Crippen molar-refractivity contribution in [3.05, 3.63) is 60.3 Å². The second-order valence-electron chi connectivity index (χ2n) is 6.18. The maximum absolute atomic E-state index is 12.8. The summed E-state index contributed by atoms with van der Waals surface area (Å²) in [6.45, 7) is 1.25. The van der Waals surface area contributed by atoms with Gasteiger partial charge in [-0.3, -0.25) is 4.79 Å². The Labute approximate surface area is 156 Å². The number of ether oxygens (including phenoxy) is 1. The van der Waals surface area contributed by atoms with Gasteiger partial charge in [0.1, 0.15) is 11.1 Å². The van der Waals surface area contributed by atoms with Crippen LogP contribution < -0.4 is 4.74 Å². The van der Waals surface area contributed by atoms with Gasteiger partial charge in [-0.15, -0.1) is 11.8 Å². The molecule has 1 amide bonds. The topological polar surface area (TPSA) is 55.3 Å². The number of likely N-dealkylation sites (tertiary alicyclic amines) is 1. The summed E-state index contributed by atoms with van der Waals surface area (Å²) in [6, 6.07) is 15.5. The molecule has 2 aromatic heterocycles. The monoisotopic (exact) mass is 365 g/mol. The maximum atomic E-state index is 12.8. The Bertz CT molecular complexity index is 947. The smallest absolute Gasteiger partial charge is 0.256 e. The molecule has 5 nitrogen and oxygen atoms in total. The van der Waals surface area contributed by atoms with Crippen LogP contribution in [0.25, 0.3) is 10.9 Å². The van der Waals surface area contributed by atoms with Crippen molar-refractivity contribution in [2.24, 2.45) is 0 Å². The number of hydrogen-bond acceptors (Lipinski definition) is 5. The van der Waals surface area contributed by atoms with Crippen LogP contribution in [-0.2, 0) is 0 Å². The van der Waals surface area contributed by atoms with Crippen LogP contribution >= 0.6 is 11.8 Å². The van der Waals surface area contributed by atoms with Gasteiger partial charge in [0, 0.05) is 30.6 Å². The number of hydrogen-bond donors (Lipinski definition) is 0. The highest BCUT2D eigenvalue weighted by Crippen LogP contribution is 2.23. The van der Waals surface area contributed by atoms with Crippen LogP contribution in [0.1, 0.15) is 16.8 Å². The summed E-state index contributed by atoms with van der Waals surface area (Å²) in [4.78, 5) is 23.5. The highest BCUT2D eigenvalue weighted by Gasteiger charge is 2.29. The Hall–Kier alpha value is -2.60. The number of carbonyl (C=O) groups excluding carboxylic acids is 1. The number of amides is 1. The van der Waals surface area contributed by atoms with E-state index in [0.717, 1.165) is 22.3 Å². The molecule has 3 heterocycles. The number of carbonyl (C=O) groups is 1. The molecule has 132 valence electrons. The van der Waals surface area contributed by atoms with Crippen molar-refractivity contribution < 1.29 is 9.53 Å². The minimum atomic E-state index is -0.0398. The van der Waals surface area contributed by atoms with E-state index in [0.29, 0.717) is 24.5 Å². The summed E-state index contributed by atoms with van der Waals surface area (Å²) in [6.07, 6.45) is 4.40. The largest absolute Gasteiger partial charge is 0.472 e. The van der Waals surface area contributed by atoms with Gasteiger partial charge in [-0.05, 0) is 30.5 Å². The van der Waals surface area contributed by atoms with E-state index >= 15 is 0 Å². The van der Waals surface area contributed by atoms with Crippen LogP contribution in [0.5, 0.6) is 5.88 Å². The molecule has 1 atom stereocenters. The number of nitrogens with zero attached hydrogens (tertiary/aromatic N) is 3. The van der Waals surface area contributed by atoms with Gasteiger partial charge in [0.05, 0.1) is 17.6 Å². The van der Waals surface area contributed by atoms with Crippen LogP contribution in [0.3, 0.4) is 0 Å². The van der Waals surface area contributed by atoms with Crippen molar-refractivity contribution in [1.82, 2.24) is 14.9 Å². The molecule has 0 radical (unpaired) electrons. The summed E-state index contributed by atoms with van der Waals surface area (Å²) in [5.74, 6) is 0.620. The van der Waals surface area contributed by atoms with Gasteiger partial charge in [-0.2, -0.15) is 0 Å². The third kappa shape index (κ3) is 3.37. The fourth-order valence-electron chi connectivity index (χ4n) is 3.18. The van der Waals surface area contributed by atoms with Crippen molar-refractivity contribution in [3.63, 3.8) is 0 Å². The summed E-state index contributed by atoms with van der Waals surface area (Å²) in [7, 11) is 0. The Morgan fingerprint density at radius 2 is 2.08 bits per heavy atom. The first-order valence-corrected chi connectivity index (χ1v) is 9.78. The Balaban J connectivity index is 1.45. The average Bonchev–Trinajstić information content (AvgIpc) is 3.15. The highest BCUT2D eigenvalue weighted by atomic mass is 32.2. The van der Waals surface area contributed by atoms with E-state index in [9.17, 15) is 4.79 Å². The molecule has 0 aliphatic carbocycles. The molecular weight excluding hydrogens is 346 g/mol. The van der Waals surface area contributed by atoms with Crippen molar-refractivity contribution in [2.75, 3.05) is 19.3 Å². The van der Waals surface area contributed by atoms with Gasteiger partial charge < -0.3 is 9.64 Å². The van der Waals surface area contributed by atoms with Gasteiger partial charge >= 0.3 is 0 Å².